The fourth-order valence-electron chi connectivity index (χ4n) is 2.51. The number of carbonyl (C=O) groups is 1. The van der Waals surface area contributed by atoms with E-state index < -0.39 is 0 Å². The SMILES string of the molecule is CC(C)n1cnc2cc(NC(=O)Cc3ccc(F)cc3)ccc21. The molecule has 0 fully saturated rings. The van der Waals surface area contributed by atoms with Crippen LogP contribution in [0.4, 0.5) is 10.1 Å². The highest BCUT2D eigenvalue weighted by Crippen LogP contribution is 2.21. The van der Waals surface area contributed by atoms with Crippen LogP contribution in [0.3, 0.4) is 0 Å². The van der Waals surface area contributed by atoms with Crippen molar-refractivity contribution < 1.29 is 9.18 Å². The number of anilines is 1. The largest absolute Gasteiger partial charge is 0.328 e. The van der Waals surface area contributed by atoms with Gasteiger partial charge in [0.15, 0.2) is 0 Å². The number of benzene rings is 2. The lowest BCUT2D eigenvalue weighted by atomic mass is 10.1. The maximum atomic E-state index is 12.9. The number of rotatable bonds is 4. The Morgan fingerprint density at radius 1 is 1.22 bits per heavy atom. The summed E-state index contributed by atoms with van der Waals surface area (Å²) in [6, 6.07) is 11.9. The number of nitrogens with zero attached hydrogens (tertiary/aromatic N) is 2. The molecule has 0 atom stereocenters. The van der Waals surface area contributed by atoms with Gasteiger partial charge in [-0.3, -0.25) is 4.79 Å². The molecule has 0 radical (unpaired) electrons. The number of aromatic nitrogens is 2. The van der Waals surface area contributed by atoms with E-state index in [4.69, 9.17) is 0 Å². The molecule has 1 N–H and O–H groups in total. The molecule has 118 valence electrons. The van der Waals surface area contributed by atoms with E-state index in [1.165, 1.54) is 12.1 Å². The average molecular weight is 311 g/mol. The summed E-state index contributed by atoms with van der Waals surface area (Å²) in [5.74, 6) is -0.445. The number of nitrogens with one attached hydrogen (secondary N) is 1. The van der Waals surface area contributed by atoms with Crippen LogP contribution >= 0.6 is 0 Å². The van der Waals surface area contributed by atoms with E-state index in [2.05, 4.69) is 28.7 Å². The number of hydrogen-bond donors (Lipinski definition) is 1. The van der Waals surface area contributed by atoms with E-state index in [1.807, 2.05) is 18.2 Å². The predicted octanol–water partition coefficient (Wildman–Crippen LogP) is 3.94. The second kappa shape index (κ2) is 6.20. The lowest BCUT2D eigenvalue weighted by molar-refractivity contribution is -0.115. The second-order valence-corrected chi connectivity index (χ2v) is 5.80. The van der Waals surface area contributed by atoms with Gasteiger partial charge in [0, 0.05) is 11.7 Å². The topological polar surface area (TPSA) is 46.9 Å². The Hall–Kier alpha value is -2.69. The number of imidazole rings is 1. The number of amides is 1. The minimum atomic E-state index is -0.305. The molecule has 1 heterocycles. The summed E-state index contributed by atoms with van der Waals surface area (Å²) in [7, 11) is 0. The first-order chi connectivity index (χ1) is 11.0. The fourth-order valence-corrected chi connectivity index (χ4v) is 2.51. The molecule has 4 nitrogen and oxygen atoms in total. The number of hydrogen-bond acceptors (Lipinski definition) is 2. The quantitative estimate of drug-likeness (QED) is 0.793. The van der Waals surface area contributed by atoms with Crippen molar-refractivity contribution in [2.45, 2.75) is 26.3 Å². The van der Waals surface area contributed by atoms with Gasteiger partial charge in [0.2, 0.25) is 5.91 Å². The van der Waals surface area contributed by atoms with Crippen LogP contribution in [0.2, 0.25) is 0 Å². The van der Waals surface area contributed by atoms with Crippen molar-refractivity contribution in [3.8, 4) is 0 Å². The standard InChI is InChI=1S/C18H18FN3O/c1-12(2)22-11-20-16-10-15(7-8-17(16)22)21-18(23)9-13-3-5-14(19)6-4-13/h3-8,10-12H,9H2,1-2H3,(H,21,23). The fraction of sp³-hybridized carbons (Fsp3) is 0.222. The van der Waals surface area contributed by atoms with Crippen molar-refractivity contribution in [1.82, 2.24) is 9.55 Å². The molecular formula is C18H18FN3O. The van der Waals surface area contributed by atoms with Crippen molar-refractivity contribution >= 4 is 22.6 Å². The third kappa shape index (κ3) is 3.39. The van der Waals surface area contributed by atoms with Crippen molar-refractivity contribution in [2.75, 3.05) is 5.32 Å². The van der Waals surface area contributed by atoms with Gasteiger partial charge in [0.1, 0.15) is 5.82 Å². The Morgan fingerprint density at radius 2 is 1.96 bits per heavy atom. The molecule has 0 aliphatic heterocycles. The van der Waals surface area contributed by atoms with Crippen LogP contribution in [0.5, 0.6) is 0 Å². The van der Waals surface area contributed by atoms with Crippen LogP contribution in [-0.2, 0) is 11.2 Å². The Balaban J connectivity index is 1.73. The second-order valence-electron chi connectivity index (χ2n) is 5.80. The van der Waals surface area contributed by atoms with Gasteiger partial charge >= 0.3 is 0 Å². The summed E-state index contributed by atoms with van der Waals surface area (Å²) in [4.78, 5) is 16.5. The summed E-state index contributed by atoms with van der Waals surface area (Å²) < 4.78 is 15.0. The monoisotopic (exact) mass is 311 g/mol. The molecule has 5 heteroatoms. The summed E-state index contributed by atoms with van der Waals surface area (Å²) in [6.45, 7) is 4.19. The zero-order chi connectivity index (χ0) is 16.4. The van der Waals surface area contributed by atoms with Crippen molar-refractivity contribution in [3.05, 3.63) is 60.2 Å². The van der Waals surface area contributed by atoms with Crippen molar-refractivity contribution in [3.63, 3.8) is 0 Å². The van der Waals surface area contributed by atoms with E-state index in [1.54, 1.807) is 18.5 Å². The Kier molecular flexibility index (Phi) is 4.10. The minimum absolute atomic E-state index is 0.140. The van der Waals surface area contributed by atoms with Gasteiger partial charge in [0.25, 0.3) is 0 Å². The molecule has 0 spiro atoms. The molecule has 0 aliphatic carbocycles. The maximum Gasteiger partial charge on any atom is 0.228 e. The normalized spacial score (nSPS) is 11.1. The number of halogens is 1. The molecule has 3 aromatic rings. The van der Waals surface area contributed by atoms with Gasteiger partial charge in [-0.2, -0.15) is 0 Å². The van der Waals surface area contributed by atoms with E-state index in [0.717, 1.165) is 16.6 Å². The number of fused-ring (bicyclic) bond motifs is 1. The van der Waals surface area contributed by atoms with Crippen LogP contribution in [0.1, 0.15) is 25.5 Å². The Morgan fingerprint density at radius 3 is 2.65 bits per heavy atom. The first kappa shape index (κ1) is 15.2. The first-order valence-corrected chi connectivity index (χ1v) is 7.54. The van der Waals surface area contributed by atoms with Crippen LogP contribution in [0.25, 0.3) is 11.0 Å². The van der Waals surface area contributed by atoms with Crippen molar-refractivity contribution in [1.29, 1.82) is 0 Å². The van der Waals surface area contributed by atoms with Gasteiger partial charge in [-0.1, -0.05) is 12.1 Å². The lowest BCUT2D eigenvalue weighted by Gasteiger charge is -2.09. The molecule has 23 heavy (non-hydrogen) atoms. The molecule has 1 amide bonds. The zero-order valence-corrected chi connectivity index (χ0v) is 13.1. The molecule has 0 bridgehead atoms. The highest BCUT2D eigenvalue weighted by atomic mass is 19.1. The van der Waals surface area contributed by atoms with Gasteiger partial charge in [-0.15, -0.1) is 0 Å². The highest BCUT2D eigenvalue weighted by Gasteiger charge is 2.08. The molecule has 1 aromatic heterocycles. The van der Waals surface area contributed by atoms with Gasteiger partial charge in [0.05, 0.1) is 23.8 Å². The molecule has 2 aromatic carbocycles. The van der Waals surface area contributed by atoms with Crippen LogP contribution in [-0.4, -0.2) is 15.5 Å². The first-order valence-electron chi connectivity index (χ1n) is 7.54. The predicted molar refractivity (Wildman–Crippen MR) is 88.9 cm³/mol. The minimum Gasteiger partial charge on any atom is -0.328 e. The van der Waals surface area contributed by atoms with Crippen LogP contribution in [0.15, 0.2) is 48.8 Å². The van der Waals surface area contributed by atoms with E-state index >= 15 is 0 Å². The summed E-state index contributed by atoms with van der Waals surface area (Å²) in [5, 5.41) is 2.85. The van der Waals surface area contributed by atoms with E-state index in [9.17, 15) is 9.18 Å². The lowest BCUT2D eigenvalue weighted by Crippen LogP contribution is -2.14. The third-order valence-electron chi connectivity index (χ3n) is 3.69. The van der Waals surface area contributed by atoms with Crippen molar-refractivity contribution in [2.24, 2.45) is 0 Å². The molecule has 0 saturated heterocycles. The molecular weight excluding hydrogens is 293 g/mol. The molecule has 0 saturated carbocycles. The van der Waals surface area contributed by atoms with Gasteiger partial charge < -0.3 is 9.88 Å². The van der Waals surface area contributed by atoms with Gasteiger partial charge in [-0.25, -0.2) is 9.37 Å². The summed E-state index contributed by atoms with van der Waals surface area (Å²) in [5.41, 5.74) is 3.36. The summed E-state index contributed by atoms with van der Waals surface area (Å²) >= 11 is 0. The van der Waals surface area contributed by atoms with E-state index in [-0.39, 0.29) is 18.1 Å². The molecule has 3 rings (SSSR count). The maximum absolute atomic E-state index is 12.9. The van der Waals surface area contributed by atoms with Gasteiger partial charge in [-0.05, 0) is 49.7 Å². The van der Waals surface area contributed by atoms with E-state index in [0.29, 0.717) is 11.7 Å². The zero-order valence-electron chi connectivity index (χ0n) is 13.1. The third-order valence-corrected chi connectivity index (χ3v) is 3.69. The average Bonchev–Trinajstić information content (AvgIpc) is 2.93. The molecule has 0 unspecified atom stereocenters. The molecule has 0 aliphatic rings. The van der Waals surface area contributed by atoms with Crippen LogP contribution < -0.4 is 5.32 Å². The summed E-state index contributed by atoms with van der Waals surface area (Å²) in [6.07, 6.45) is 2.01. The number of carbonyl (C=O) groups excluding carboxylic acids is 1. The smallest absolute Gasteiger partial charge is 0.228 e. The Labute approximate surface area is 134 Å². The Bertz CT molecular complexity index is 837. The van der Waals surface area contributed by atoms with Crippen LogP contribution in [0, 0.1) is 5.82 Å². The highest BCUT2D eigenvalue weighted by molar-refractivity contribution is 5.94.